The van der Waals surface area contributed by atoms with E-state index in [-0.39, 0.29) is 34.5 Å². The van der Waals surface area contributed by atoms with E-state index in [1.54, 1.807) is 24.9 Å². The summed E-state index contributed by atoms with van der Waals surface area (Å²) in [5.41, 5.74) is 4.90. The van der Waals surface area contributed by atoms with E-state index < -0.39 is 11.4 Å². The Morgan fingerprint density at radius 2 is 2.14 bits per heavy atom. The first-order valence-corrected chi connectivity index (χ1v) is 10.2. The molecule has 2 aromatic heterocycles. The number of aryl methyl sites for hydroxylation is 1. The zero-order valence-electron chi connectivity index (χ0n) is 15.7. The maximum atomic E-state index is 14.5. The standard InChI is InChI=1S/C17H21FN6OS2.ClH/c1-9-12(18)13(16(2,3)25)23-15(22-9)24-7-10-6-20-14(19)26-17(10,8-24)11-4-5-21-27-11;/h4-5,10,25H,6-8H2,1-3H3,(H2,19,20);1H/t10-,17-;/m0./s1. The van der Waals surface area contributed by atoms with Crippen LogP contribution in [-0.4, -0.2) is 44.2 Å². The van der Waals surface area contributed by atoms with Crippen molar-refractivity contribution >= 4 is 46.8 Å². The smallest absolute Gasteiger partial charge is 0.226 e. The van der Waals surface area contributed by atoms with Crippen molar-refractivity contribution in [3.8, 4) is 0 Å². The molecule has 0 saturated carbocycles. The van der Waals surface area contributed by atoms with E-state index >= 15 is 0 Å². The summed E-state index contributed by atoms with van der Waals surface area (Å²) in [5.74, 6) is 0.0697. The summed E-state index contributed by atoms with van der Waals surface area (Å²) < 4.78 is 18.5. The highest BCUT2D eigenvalue weighted by molar-refractivity contribution is 8.14. The van der Waals surface area contributed by atoms with Gasteiger partial charge in [-0.15, -0.1) is 12.4 Å². The molecule has 7 nitrogen and oxygen atoms in total. The minimum atomic E-state index is -1.39. The molecule has 0 amide bonds. The van der Waals surface area contributed by atoms with Gasteiger partial charge in [0.15, 0.2) is 11.0 Å². The van der Waals surface area contributed by atoms with Crippen molar-refractivity contribution in [1.29, 1.82) is 0 Å². The van der Waals surface area contributed by atoms with Gasteiger partial charge in [-0.25, -0.2) is 18.7 Å². The molecule has 1 saturated heterocycles. The van der Waals surface area contributed by atoms with Crippen LogP contribution in [0.15, 0.2) is 17.3 Å². The summed E-state index contributed by atoms with van der Waals surface area (Å²) in [4.78, 5) is 16.3. The molecule has 0 radical (unpaired) electrons. The Balaban J connectivity index is 0.00000225. The Bertz CT molecular complexity index is 904. The van der Waals surface area contributed by atoms with Crippen molar-refractivity contribution in [2.75, 3.05) is 24.5 Å². The number of thioether (sulfide) groups is 1. The van der Waals surface area contributed by atoms with E-state index in [0.717, 1.165) is 4.88 Å². The Morgan fingerprint density at radius 3 is 2.79 bits per heavy atom. The van der Waals surface area contributed by atoms with Crippen LogP contribution in [-0.2, 0) is 10.3 Å². The molecule has 152 valence electrons. The van der Waals surface area contributed by atoms with Gasteiger partial charge in [-0.1, -0.05) is 11.8 Å². The lowest BCUT2D eigenvalue weighted by molar-refractivity contribution is 0.0691. The van der Waals surface area contributed by atoms with Gasteiger partial charge >= 0.3 is 0 Å². The van der Waals surface area contributed by atoms with Crippen molar-refractivity contribution in [3.63, 3.8) is 0 Å². The summed E-state index contributed by atoms with van der Waals surface area (Å²) in [7, 11) is 0. The number of anilines is 1. The van der Waals surface area contributed by atoms with Crippen LogP contribution in [0, 0.1) is 18.7 Å². The highest BCUT2D eigenvalue weighted by Crippen LogP contribution is 2.52. The molecule has 2 aliphatic heterocycles. The summed E-state index contributed by atoms with van der Waals surface area (Å²) >= 11 is 3.02. The van der Waals surface area contributed by atoms with Gasteiger partial charge in [0, 0.05) is 36.6 Å². The van der Waals surface area contributed by atoms with Gasteiger partial charge in [-0.2, -0.15) is 0 Å². The third-order valence-electron chi connectivity index (χ3n) is 5.00. The largest absolute Gasteiger partial charge is 0.384 e. The number of aromatic nitrogens is 3. The number of rotatable bonds is 3. The van der Waals surface area contributed by atoms with E-state index in [1.807, 2.05) is 11.0 Å². The van der Waals surface area contributed by atoms with Crippen LogP contribution in [0.5, 0.6) is 0 Å². The van der Waals surface area contributed by atoms with Crippen molar-refractivity contribution in [3.05, 3.63) is 34.3 Å². The average molecular weight is 445 g/mol. The van der Waals surface area contributed by atoms with Crippen LogP contribution < -0.4 is 10.6 Å². The molecule has 4 rings (SSSR count). The summed E-state index contributed by atoms with van der Waals surface area (Å²) in [6.07, 6.45) is 1.79. The van der Waals surface area contributed by atoms with E-state index in [0.29, 0.717) is 30.8 Å². The van der Waals surface area contributed by atoms with Crippen LogP contribution >= 0.6 is 35.7 Å². The molecule has 0 aliphatic carbocycles. The fraction of sp³-hybridized carbons (Fsp3) is 0.529. The summed E-state index contributed by atoms with van der Waals surface area (Å²) in [6.45, 7) is 6.55. The van der Waals surface area contributed by atoms with Gasteiger partial charge in [0.05, 0.1) is 10.4 Å². The fourth-order valence-electron chi connectivity index (χ4n) is 3.64. The fourth-order valence-corrected chi connectivity index (χ4v) is 5.83. The molecule has 1 fully saturated rings. The SMILES string of the molecule is Cc1nc(N2C[C@@H]3CN=C(N)S[C@@]3(c3ccns3)C2)nc(C(C)(C)O)c1F.Cl. The lowest BCUT2D eigenvalue weighted by Crippen LogP contribution is -2.38. The first-order chi connectivity index (χ1) is 12.7. The molecular formula is C17H22ClFN6OS2. The molecular weight excluding hydrogens is 423 g/mol. The highest BCUT2D eigenvalue weighted by atomic mass is 35.5. The molecule has 3 N–H and O–H groups in total. The number of fused-ring (bicyclic) bond motifs is 1. The molecule has 2 aliphatic rings. The van der Waals surface area contributed by atoms with Crippen LogP contribution in [0.25, 0.3) is 0 Å². The molecule has 0 unspecified atom stereocenters. The number of aliphatic hydroxyl groups is 1. The number of hydrogen-bond acceptors (Lipinski definition) is 9. The minimum absolute atomic E-state index is 0. The monoisotopic (exact) mass is 444 g/mol. The molecule has 0 spiro atoms. The second-order valence-corrected chi connectivity index (χ2v) is 9.64. The lowest BCUT2D eigenvalue weighted by Gasteiger charge is -2.34. The van der Waals surface area contributed by atoms with Gasteiger partial charge < -0.3 is 15.7 Å². The van der Waals surface area contributed by atoms with Crippen molar-refractivity contribution in [1.82, 2.24) is 14.3 Å². The Kier molecular flexibility index (Phi) is 5.61. The van der Waals surface area contributed by atoms with E-state index in [4.69, 9.17) is 5.73 Å². The van der Waals surface area contributed by atoms with Gasteiger partial charge in [-0.05, 0) is 38.4 Å². The van der Waals surface area contributed by atoms with Crippen LogP contribution in [0.1, 0.15) is 30.1 Å². The maximum Gasteiger partial charge on any atom is 0.226 e. The van der Waals surface area contributed by atoms with Gasteiger partial charge in [-0.3, -0.25) is 4.99 Å². The van der Waals surface area contributed by atoms with Crippen molar-refractivity contribution in [2.45, 2.75) is 31.1 Å². The van der Waals surface area contributed by atoms with Crippen LogP contribution in [0.3, 0.4) is 0 Å². The average Bonchev–Trinajstić information content (AvgIpc) is 3.23. The normalized spacial score (nSPS) is 24.5. The van der Waals surface area contributed by atoms with Crippen LogP contribution in [0.2, 0.25) is 0 Å². The lowest BCUT2D eigenvalue weighted by atomic mass is 9.93. The van der Waals surface area contributed by atoms with E-state index in [1.165, 1.54) is 25.4 Å². The van der Waals surface area contributed by atoms with Gasteiger partial charge in [0.2, 0.25) is 5.95 Å². The Labute approximate surface area is 177 Å². The quantitative estimate of drug-likeness (QED) is 0.749. The van der Waals surface area contributed by atoms with E-state index in [9.17, 15) is 9.50 Å². The second-order valence-electron chi connectivity index (χ2n) is 7.46. The molecule has 0 aromatic carbocycles. The topological polar surface area (TPSA) is 101 Å². The zero-order valence-corrected chi connectivity index (χ0v) is 18.2. The number of nitrogens with two attached hydrogens (primary N) is 1. The molecule has 4 heterocycles. The molecule has 2 atom stereocenters. The number of nitrogens with zero attached hydrogens (tertiary/aromatic N) is 5. The van der Waals surface area contributed by atoms with Crippen LogP contribution in [0.4, 0.5) is 10.3 Å². The Morgan fingerprint density at radius 1 is 1.39 bits per heavy atom. The second kappa shape index (κ2) is 7.40. The molecule has 11 heteroatoms. The maximum absolute atomic E-state index is 14.5. The third kappa shape index (κ3) is 3.47. The minimum Gasteiger partial charge on any atom is -0.384 e. The number of hydrogen-bond donors (Lipinski definition) is 2. The third-order valence-corrected chi connectivity index (χ3v) is 7.44. The summed E-state index contributed by atoms with van der Waals surface area (Å²) in [6, 6.07) is 2.02. The predicted molar refractivity (Wildman–Crippen MR) is 113 cm³/mol. The van der Waals surface area contributed by atoms with Gasteiger partial charge in [0.25, 0.3) is 0 Å². The van der Waals surface area contributed by atoms with Crippen molar-refractivity contribution < 1.29 is 9.50 Å². The van der Waals surface area contributed by atoms with Gasteiger partial charge in [0.1, 0.15) is 11.3 Å². The first kappa shape index (κ1) is 21.2. The summed E-state index contributed by atoms with van der Waals surface area (Å²) in [5, 5.41) is 10.9. The first-order valence-electron chi connectivity index (χ1n) is 8.63. The highest BCUT2D eigenvalue weighted by Gasteiger charge is 2.52. The number of halogens is 2. The van der Waals surface area contributed by atoms with E-state index in [2.05, 4.69) is 19.3 Å². The molecule has 0 bridgehead atoms. The molecule has 28 heavy (non-hydrogen) atoms. The Hall–Kier alpha value is -1.49. The predicted octanol–water partition coefficient (Wildman–Crippen LogP) is 2.42. The number of amidine groups is 1. The van der Waals surface area contributed by atoms with Crippen molar-refractivity contribution in [2.24, 2.45) is 16.6 Å². The number of aliphatic imine (C=N–C) groups is 1. The zero-order chi connectivity index (χ0) is 19.4. The molecule has 2 aromatic rings.